The zero-order valence-electron chi connectivity index (χ0n) is 15.1. The highest BCUT2D eigenvalue weighted by atomic mass is 16.5. The summed E-state index contributed by atoms with van der Waals surface area (Å²) in [5.74, 6) is 1.16. The molecule has 0 unspecified atom stereocenters. The smallest absolute Gasteiger partial charge is 0.325 e. The van der Waals surface area contributed by atoms with Gasteiger partial charge >= 0.3 is 6.03 Å². The minimum atomic E-state index is -0.990. The summed E-state index contributed by atoms with van der Waals surface area (Å²) in [5, 5.41) is 6.87. The predicted octanol–water partition coefficient (Wildman–Crippen LogP) is 2.58. The van der Waals surface area contributed by atoms with Crippen LogP contribution in [0, 0.1) is 13.8 Å². The van der Waals surface area contributed by atoms with E-state index >= 15 is 0 Å². The Kier molecular flexibility index (Phi) is 3.75. The van der Waals surface area contributed by atoms with E-state index < -0.39 is 5.54 Å². The van der Waals surface area contributed by atoms with E-state index in [0.29, 0.717) is 17.9 Å². The molecule has 1 spiro atoms. The molecular formula is C19H21N3O4. The maximum Gasteiger partial charge on any atom is 0.325 e. The highest BCUT2D eigenvalue weighted by Crippen LogP contribution is 2.41. The van der Waals surface area contributed by atoms with Gasteiger partial charge in [0.2, 0.25) is 0 Å². The average molecular weight is 355 g/mol. The number of imide groups is 1. The quantitative estimate of drug-likeness (QED) is 0.856. The Morgan fingerprint density at radius 2 is 2.15 bits per heavy atom. The number of carbonyl (C=O) groups is 2. The van der Waals surface area contributed by atoms with Crippen LogP contribution in [-0.4, -0.2) is 29.1 Å². The van der Waals surface area contributed by atoms with Crippen molar-refractivity contribution in [2.45, 2.75) is 45.2 Å². The van der Waals surface area contributed by atoms with E-state index in [-0.39, 0.29) is 18.5 Å². The summed E-state index contributed by atoms with van der Waals surface area (Å²) in [7, 11) is 1.62. The molecule has 1 aliphatic heterocycles. The molecule has 2 aliphatic rings. The minimum Gasteiger partial charge on any atom is -0.497 e. The molecule has 1 fully saturated rings. The van der Waals surface area contributed by atoms with Crippen molar-refractivity contribution in [2.75, 3.05) is 7.11 Å². The average Bonchev–Trinajstić information content (AvgIpc) is 3.07. The van der Waals surface area contributed by atoms with Crippen LogP contribution < -0.4 is 10.1 Å². The van der Waals surface area contributed by atoms with E-state index in [2.05, 4.69) is 10.5 Å². The molecule has 1 N–H and O–H groups in total. The van der Waals surface area contributed by atoms with Gasteiger partial charge in [0.25, 0.3) is 5.91 Å². The van der Waals surface area contributed by atoms with E-state index in [1.807, 2.05) is 25.1 Å². The lowest BCUT2D eigenvalue weighted by atomic mass is 9.76. The lowest BCUT2D eigenvalue weighted by Crippen LogP contribution is -2.46. The van der Waals surface area contributed by atoms with Crippen molar-refractivity contribution in [1.29, 1.82) is 0 Å². The van der Waals surface area contributed by atoms with Crippen LogP contribution in [0.25, 0.3) is 0 Å². The Bertz CT molecular complexity index is 885. The summed E-state index contributed by atoms with van der Waals surface area (Å²) in [6.45, 7) is 3.76. The van der Waals surface area contributed by atoms with Gasteiger partial charge in [0, 0.05) is 5.56 Å². The van der Waals surface area contributed by atoms with Crippen LogP contribution >= 0.6 is 0 Å². The van der Waals surface area contributed by atoms with Crippen molar-refractivity contribution in [2.24, 2.45) is 0 Å². The lowest BCUT2D eigenvalue weighted by molar-refractivity contribution is -0.132. The zero-order valence-corrected chi connectivity index (χ0v) is 15.1. The highest BCUT2D eigenvalue weighted by Gasteiger charge is 2.54. The fourth-order valence-electron chi connectivity index (χ4n) is 4.01. The Labute approximate surface area is 151 Å². The van der Waals surface area contributed by atoms with Gasteiger partial charge < -0.3 is 14.6 Å². The van der Waals surface area contributed by atoms with Crippen LogP contribution in [0.1, 0.15) is 41.0 Å². The molecule has 1 saturated heterocycles. The van der Waals surface area contributed by atoms with Crippen molar-refractivity contribution in [3.05, 3.63) is 46.3 Å². The fraction of sp³-hybridized carbons (Fsp3) is 0.421. The molecule has 0 bridgehead atoms. The first kappa shape index (κ1) is 16.6. The monoisotopic (exact) mass is 355 g/mol. The number of hydrogen-bond donors (Lipinski definition) is 1. The number of amides is 3. The molecule has 1 atom stereocenters. The molecule has 0 radical (unpaired) electrons. The lowest BCUT2D eigenvalue weighted by Gasteiger charge is -2.33. The molecule has 0 saturated carbocycles. The fourth-order valence-corrected chi connectivity index (χ4v) is 4.01. The number of urea groups is 1. The number of aryl methyl sites for hydroxylation is 3. The summed E-state index contributed by atoms with van der Waals surface area (Å²) in [4.78, 5) is 27.2. The van der Waals surface area contributed by atoms with Crippen molar-refractivity contribution >= 4 is 11.9 Å². The highest BCUT2D eigenvalue weighted by molar-refractivity contribution is 6.07. The summed E-state index contributed by atoms with van der Waals surface area (Å²) < 4.78 is 10.5. The Morgan fingerprint density at radius 1 is 1.35 bits per heavy atom. The molecule has 1 aliphatic carbocycles. The third kappa shape index (κ3) is 2.30. The van der Waals surface area contributed by atoms with Crippen LogP contribution in [0.5, 0.6) is 5.75 Å². The SMILES string of the molecule is COc1ccc2c(c1)CCC[C@@]21NC(=O)N(Cc2c(C)noc2C)C1=O. The number of carbonyl (C=O) groups excluding carboxylic acids is 2. The van der Waals surface area contributed by atoms with Gasteiger partial charge in [-0.3, -0.25) is 9.69 Å². The second-order valence-electron chi connectivity index (χ2n) is 6.91. The van der Waals surface area contributed by atoms with E-state index in [4.69, 9.17) is 9.26 Å². The Morgan fingerprint density at radius 3 is 2.85 bits per heavy atom. The number of rotatable bonds is 3. The van der Waals surface area contributed by atoms with Crippen LogP contribution in [0.4, 0.5) is 4.79 Å². The Balaban J connectivity index is 1.72. The predicted molar refractivity (Wildman–Crippen MR) is 92.7 cm³/mol. The van der Waals surface area contributed by atoms with Gasteiger partial charge in [0.05, 0.1) is 19.3 Å². The van der Waals surface area contributed by atoms with Crippen molar-refractivity contribution in [3.63, 3.8) is 0 Å². The molecule has 2 aromatic rings. The first-order valence-electron chi connectivity index (χ1n) is 8.69. The maximum atomic E-state index is 13.3. The van der Waals surface area contributed by atoms with Crippen molar-refractivity contribution in [3.8, 4) is 5.75 Å². The standard InChI is InChI=1S/C19H21N3O4/c1-11-15(12(2)26-21-11)10-22-17(23)19(20-18(22)24)8-4-5-13-9-14(25-3)6-7-16(13)19/h6-7,9H,4-5,8,10H2,1-3H3,(H,20,24)/t19-/m1/s1. The first-order valence-corrected chi connectivity index (χ1v) is 8.69. The van der Waals surface area contributed by atoms with Gasteiger partial charge in [0.1, 0.15) is 17.0 Å². The molecule has 2 heterocycles. The molecule has 7 nitrogen and oxygen atoms in total. The van der Waals surface area contributed by atoms with Crippen LogP contribution in [-0.2, 0) is 23.3 Å². The molecule has 4 rings (SSSR count). The molecule has 7 heteroatoms. The van der Waals surface area contributed by atoms with Gasteiger partial charge in [-0.2, -0.15) is 0 Å². The summed E-state index contributed by atoms with van der Waals surface area (Å²) in [6.07, 6.45) is 2.28. The number of hydrogen-bond acceptors (Lipinski definition) is 5. The second-order valence-corrected chi connectivity index (χ2v) is 6.91. The van der Waals surface area contributed by atoms with E-state index in [9.17, 15) is 9.59 Å². The molecule has 136 valence electrons. The molecule has 1 aromatic heterocycles. The van der Waals surface area contributed by atoms with E-state index in [1.165, 1.54) is 4.90 Å². The molecule has 3 amide bonds. The normalized spacial score (nSPS) is 21.9. The summed E-state index contributed by atoms with van der Waals surface area (Å²) in [5.41, 5.74) is 2.39. The molecule has 26 heavy (non-hydrogen) atoms. The minimum absolute atomic E-state index is 0.166. The third-order valence-electron chi connectivity index (χ3n) is 5.44. The molecule has 1 aromatic carbocycles. The van der Waals surface area contributed by atoms with Gasteiger partial charge in [-0.25, -0.2) is 4.79 Å². The topological polar surface area (TPSA) is 84.7 Å². The number of benzene rings is 1. The van der Waals surface area contributed by atoms with Crippen LogP contribution in [0.3, 0.4) is 0 Å². The number of nitrogens with one attached hydrogen (secondary N) is 1. The van der Waals surface area contributed by atoms with Crippen molar-refractivity contribution in [1.82, 2.24) is 15.4 Å². The maximum absolute atomic E-state index is 13.3. The zero-order chi connectivity index (χ0) is 18.5. The number of methoxy groups -OCH3 is 1. The van der Waals surface area contributed by atoms with Gasteiger partial charge in [0.15, 0.2) is 0 Å². The largest absolute Gasteiger partial charge is 0.497 e. The number of aromatic nitrogens is 1. The van der Waals surface area contributed by atoms with Gasteiger partial charge in [-0.1, -0.05) is 11.2 Å². The molecular weight excluding hydrogens is 334 g/mol. The summed E-state index contributed by atoms with van der Waals surface area (Å²) >= 11 is 0. The van der Waals surface area contributed by atoms with Gasteiger partial charge in [-0.15, -0.1) is 0 Å². The Hall–Kier alpha value is -2.83. The second kappa shape index (κ2) is 5.86. The third-order valence-corrected chi connectivity index (χ3v) is 5.44. The van der Waals surface area contributed by atoms with Gasteiger partial charge in [-0.05, 0) is 56.4 Å². The van der Waals surface area contributed by atoms with Crippen LogP contribution in [0.15, 0.2) is 22.7 Å². The van der Waals surface area contributed by atoms with E-state index in [0.717, 1.165) is 35.3 Å². The first-order chi connectivity index (χ1) is 12.5. The number of nitrogens with zero attached hydrogens (tertiary/aromatic N) is 2. The number of ether oxygens (including phenoxy) is 1. The number of fused-ring (bicyclic) bond motifs is 2. The summed E-state index contributed by atoms with van der Waals surface area (Å²) in [6, 6.07) is 5.30. The van der Waals surface area contributed by atoms with E-state index in [1.54, 1.807) is 14.0 Å². The van der Waals surface area contributed by atoms with Crippen LogP contribution in [0.2, 0.25) is 0 Å². The van der Waals surface area contributed by atoms with Crippen molar-refractivity contribution < 1.29 is 18.8 Å².